The molecule has 4 rings (SSSR count). The summed E-state index contributed by atoms with van der Waals surface area (Å²) in [6.07, 6.45) is 0.856. The van der Waals surface area contributed by atoms with E-state index in [-0.39, 0.29) is 5.91 Å². The first-order chi connectivity index (χ1) is 13.7. The van der Waals surface area contributed by atoms with E-state index in [9.17, 15) is 9.59 Å². The summed E-state index contributed by atoms with van der Waals surface area (Å²) in [6.45, 7) is 0.497. The standard InChI is InChI=1S/C21H19N3O3S/c25-19(23-20-22-17(14-28-20)15-8-3-1-4-9-15)18-12-7-13-24(18)21(26)27-16-10-5-2-6-11-16/h1-6,8-11,14,18H,7,12-13H2,(H,22,23,25). The molecule has 28 heavy (non-hydrogen) atoms. The summed E-state index contributed by atoms with van der Waals surface area (Å²) in [4.78, 5) is 31.2. The number of carbonyl (C=O) groups excluding carboxylic acids is 2. The van der Waals surface area contributed by atoms with Gasteiger partial charge in [0.25, 0.3) is 0 Å². The molecule has 7 heteroatoms. The Bertz CT molecular complexity index is 959. The number of para-hydroxylation sites is 1. The molecule has 142 valence electrons. The van der Waals surface area contributed by atoms with E-state index in [1.54, 1.807) is 24.3 Å². The Labute approximate surface area is 166 Å². The largest absolute Gasteiger partial charge is 0.415 e. The van der Waals surface area contributed by atoms with Gasteiger partial charge in [0.2, 0.25) is 5.91 Å². The number of aromatic nitrogens is 1. The van der Waals surface area contributed by atoms with E-state index in [1.165, 1.54) is 16.2 Å². The number of hydrogen-bond donors (Lipinski definition) is 1. The number of thiazole rings is 1. The van der Waals surface area contributed by atoms with Crippen molar-refractivity contribution in [2.75, 3.05) is 11.9 Å². The van der Waals surface area contributed by atoms with E-state index in [1.807, 2.05) is 41.8 Å². The van der Waals surface area contributed by atoms with Crippen LogP contribution in [0.1, 0.15) is 12.8 Å². The van der Waals surface area contributed by atoms with Crippen LogP contribution in [-0.4, -0.2) is 34.5 Å². The summed E-state index contributed by atoms with van der Waals surface area (Å²) in [5.74, 6) is 0.224. The number of hydrogen-bond acceptors (Lipinski definition) is 5. The molecule has 2 amide bonds. The molecule has 2 heterocycles. The summed E-state index contributed by atoms with van der Waals surface area (Å²) >= 11 is 1.37. The van der Waals surface area contributed by atoms with Gasteiger partial charge in [-0.25, -0.2) is 9.78 Å². The molecule has 1 aliphatic rings. The van der Waals surface area contributed by atoms with Crippen LogP contribution >= 0.6 is 11.3 Å². The number of nitrogens with zero attached hydrogens (tertiary/aromatic N) is 2. The molecule has 3 aromatic rings. The van der Waals surface area contributed by atoms with Crippen LogP contribution in [0.3, 0.4) is 0 Å². The van der Waals surface area contributed by atoms with E-state index in [0.717, 1.165) is 17.7 Å². The Hall–Kier alpha value is -3.19. The lowest BCUT2D eigenvalue weighted by Crippen LogP contribution is -2.44. The minimum atomic E-state index is -0.555. The fourth-order valence-electron chi connectivity index (χ4n) is 3.17. The third-order valence-corrected chi connectivity index (χ3v) is 5.30. The summed E-state index contributed by atoms with van der Waals surface area (Å²) in [7, 11) is 0. The van der Waals surface area contributed by atoms with Gasteiger partial charge >= 0.3 is 6.09 Å². The molecule has 0 radical (unpaired) electrons. The Balaban J connectivity index is 1.41. The number of amides is 2. The molecule has 1 unspecified atom stereocenters. The van der Waals surface area contributed by atoms with Crippen LogP contribution in [0.2, 0.25) is 0 Å². The van der Waals surface area contributed by atoms with Crippen LogP contribution < -0.4 is 10.1 Å². The van der Waals surface area contributed by atoms with E-state index < -0.39 is 12.1 Å². The molecule has 2 aromatic carbocycles. The van der Waals surface area contributed by atoms with Gasteiger partial charge in [-0.15, -0.1) is 11.3 Å². The topological polar surface area (TPSA) is 71.5 Å². The van der Waals surface area contributed by atoms with Crippen LogP contribution in [0.15, 0.2) is 66.0 Å². The molecule has 6 nitrogen and oxygen atoms in total. The highest BCUT2D eigenvalue weighted by atomic mass is 32.1. The second-order valence-electron chi connectivity index (χ2n) is 6.43. The quantitative estimate of drug-likeness (QED) is 0.713. The lowest BCUT2D eigenvalue weighted by molar-refractivity contribution is -0.119. The van der Waals surface area contributed by atoms with Crippen LogP contribution in [0.25, 0.3) is 11.3 Å². The second-order valence-corrected chi connectivity index (χ2v) is 7.28. The van der Waals surface area contributed by atoms with E-state index in [2.05, 4.69) is 10.3 Å². The zero-order chi connectivity index (χ0) is 19.3. The van der Waals surface area contributed by atoms with E-state index in [4.69, 9.17) is 4.74 Å². The van der Waals surface area contributed by atoms with Gasteiger partial charge < -0.3 is 10.1 Å². The zero-order valence-electron chi connectivity index (χ0n) is 15.1. The van der Waals surface area contributed by atoms with Gasteiger partial charge in [0.1, 0.15) is 11.8 Å². The second kappa shape index (κ2) is 8.22. The van der Waals surface area contributed by atoms with Crippen molar-refractivity contribution in [3.63, 3.8) is 0 Å². The van der Waals surface area contributed by atoms with Gasteiger partial charge in [-0.05, 0) is 25.0 Å². The molecule has 1 atom stereocenters. The van der Waals surface area contributed by atoms with Crippen molar-refractivity contribution in [3.8, 4) is 17.0 Å². The predicted molar refractivity (Wildman–Crippen MR) is 108 cm³/mol. The minimum absolute atomic E-state index is 0.239. The highest BCUT2D eigenvalue weighted by Gasteiger charge is 2.35. The van der Waals surface area contributed by atoms with Crippen molar-refractivity contribution in [1.82, 2.24) is 9.88 Å². The van der Waals surface area contributed by atoms with Gasteiger partial charge in [0.15, 0.2) is 5.13 Å². The van der Waals surface area contributed by atoms with Gasteiger partial charge in [-0.3, -0.25) is 9.69 Å². The van der Waals surface area contributed by atoms with Crippen molar-refractivity contribution < 1.29 is 14.3 Å². The number of carbonyl (C=O) groups is 2. The molecule has 1 saturated heterocycles. The fraction of sp³-hybridized carbons (Fsp3) is 0.190. The average molecular weight is 393 g/mol. The van der Waals surface area contributed by atoms with Crippen LogP contribution in [0, 0.1) is 0 Å². The van der Waals surface area contributed by atoms with Crippen molar-refractivity contribution in [2.45, 2.75) is 18.9 Å². The first-order valence-corrected chi connectivity index (χ1v) is 9.94. The molecular weight excluding hydrogens is 374 g/mol. The Kier molecular flexibility index (Phi) is 5.34. The van der Waals surface area contributed by atoms with Gasteiger partial charge in [0, 0.05) is 17.5 Å². The van der Waals surface area contributed by atoms with E-state index >= 15 is 0 Å². The van der Waals surface area contributed by atoms with Crippen molar-refractivity contribution in [2.24, 2.45) is 0 Å². The maximum Gasteiger partial charge on any atom is 0.415 e. The lowest BCUT2D eigenvalue weighted by Gasteiger charge is -2.22. The monoisotopic (exact) mass is 393 g/mol. The Morgan fingerprint density at radius 3 is 2.54 bits per heavy atom. The molecular formula is C21H19N3O3S. The number of ether oxygens (including phenoxy) is 1. The number of rotatable bonds is 4. The van der Waals surface area contributed by atoms with Crippen molar-refractivity contribution in [1.29, 1.82) is 0 Å². The highest BCUT2D eigenvalue weighted by molar-refractivity contribution is 7.14. The molecule has 0 saturated carbocycles. The maximum atomic E-state index is 12.7. The summed E-state index contributed by atoms with van der Waals surface area (Å²) in [5, 5.41) is 5.27. The molecule has 0 bridgehead atoms. The van der Waals surface area contributed by atoms with Gasteiger partial charge in [-0.1, -0.05) is 48.5 Å². The molecule has 0 spiro atoms. The van der Waals surface area contributed by atoms with Crippen LogP contribution in [-0.2, 0) is 4.79 Å². The lowest BCUT2D eigenvalue weighted by atomic mass is 10.2. The molecule has 1 aliphatic heterocycles. The molecule has 1 fully saturated rings. The average Bonchev–Trinajstić information content (AvgIpc) is 3.39. The summed E-state index contributed by atoms with van der Waals surface area (Å²) < 4.78 is 5.38. The Morgan fingerprint density at radius 1 is 1.07 bits per heavy atom. The summed E-state index contributed by atoms with van der Waals surface area (Å²) in [6, 6.07) is 18.1. The SMILES string of the molecule is O=C(Nc1nc(-c2ccccc2)cs1)C1CCCN1C(=O)Oc1ccccc1. The van der Waals surface area contributed by atoms with Gasteiger partial charge in [-0.2, -0.15) is 0 Å². The highest BCUT2D eigenvalue weighted by Crippen LogP contribution is 2.26. The van der Waals surface area contributed by atoms with Crippen molar-refractivity contribution >= 4 is 28.5 Å². The number of nitrogens with one attached hydrogen (secondary N) is 1. The molecule has 0 aliphatic carbocycles. The number of benzene rings is 2. The molecule has 1 aromatic heterocycles. The van der Waals surface area contributed by atoms with Crippen LogP contribution in [0.4, 0.5) is 9.93 Å². The number of likely N-dealkylation sites (tertiary alicyclic amines) is 1. The first-order valence-electron chi connectivity index (χ1n) is 9.06. The third-order valence-electron chi connectivity index (χ3n) is 4.54. The van der Waals surface area contributed by atoms with Crippen LogP contribution in [0.5, 0.6) is 5.75 Å². The van der Waals surface area contributed by atoms with Crippen molar-refractivity contribution in [3.05, 3.63) is 66.0 Å². The summed E-state index contributed by atoms with van der Waals surface area (Å²) in [5.41, 5.74) is 1.81. The number of anilines is 1. The van der Waals surface area contributed by atoms with Gasteiger partial charge in [0.05, 0.1) is 5.69 Å². The predicted octanol–water partition coefficient (Wildman–Crippen LogP) is 4.41. The first kappa shape index (κ1) is 18.2. The third kappa shape index (κ3) is 4.04. The smallest absolute Gasteiger partial charge is 0.410 e. The fourth-order valence-corrected chi connectivity index (χ4v) is 3.89. The Morgan fingerprint density at radius 2 is 1.79 bits per heavy atom. The zero-order valence-corrected chi connectivity index (χ0v) is 15.9. The van der Waals surface area contributed by atoms with E-state index in [0.29, 0.717) is 23.8 Å². The minimum Gasteiger partial charge on any atom is -0.410 e. The molecule has 1 N–H and O–H groups in total. The maximum absolute atomic E-state index is 12.7. The normalized spacial score (nSPS) is 16.0.